The molecule has 0 amide bonds. The van der Waals surface area contributed by atoms with Gasteiger partial charge in [-0.25, -0.2) is 9.59 Å². The van der Waals surface area contributed by atoms with Gasteiger partial charge in [0.15, 0.2) is 11.5 Å². The summed E-state index contributed by atoms with van der Waals surface area (Å²) in [6, 6.07) is 21.1. The third-order valence-corrected chi connectivity index (χ3v) is 4.61. The molecule has 2 aliphatic heterocycles. The van der Waals surface area contributed by atoms with Gasteiger partial charge in [-0.05, 0) is 24.3 Å². The molecule has 0 N–H and O–H groups in total. The quantitative estimate of drug-likeness (QED) is 0.638. The van der Waals surface area contributed by atoms with Gasteiger partial charge in [-0.2, -0.15) is 0 Å². The molecule has 0 saturated carbocycles. The van der Waals surface area contributed by atoms with Gasteiger partial charge in [0.1, 0.15) is 0 Å². The van der Waals surface area contributed by atoms with E-state index in [-0.39, 0.29) is 0 Å². The summed E-state index contributed by atoms with van der Waals surface area (Å²) >= 11 is 0. The van der Waals surface area contributed by atoms with Crippen LogP contribution in [0.5, 0.6) is 11.5 Å². The first kappa shape index (κ1) is 16.4. The second kappa shape index (κ2) is 6.42. The third kappa shape index (κ3) is 2.66. The molecule has 0 spiro atoms. The summed E-state index contributed by atoms with van der Waals surface area (Å²) < 4.78 is 22.5. The number of fused-ring (bicyclic) bond motifs is 2. The predicted octanol–water partition coefficient (Wildman–Crippen LogP) is 4.18. The van der Waals surface area contributed by atoms with Crippen LogP contribution in [-0.4, -0.2) is 11.9 Å². The van der Waals surface area contributed by atoms with E-state index in [2.05, 4.69) is 0 Å². The third-order valence-electron chi connectivity index (χ3n) is 4.61. The van der Waals surface area contributed by atoms with Gasteiger partial charge in [-0.15, -0.1) is 0 Å². The number of ether oxygens (including phenoxy) is 4. The normalized spacial score (nSPS) is 19.4. The number of hydrogen-bond acceptors (Lipinski definition) is 6. The molecule has 28 heavy (non-hydrogen) atoms. The molecule has 0 bridgehead atoms. The Hall–Kier alpha value is -3.80. The number of hydrogen-bond donors (Lipinski definition) is 0. The van der Waals surface area contributed by atoms with Gasteiger partial charge >= 0.3 is 11.9 Å². The predicted molar refractivity (Wildman–Crippen MR) is 96.9 cm³/mol. The van der Waals surface area contributed by atoms with Crippen LogP contribution in [0.4, 0.5) is 0 Å². The average Bonchev–Trinajstić information content (AvgIpc) is 3.21. The van der Waals surface area contributed by atoms with Gasteiger partial charge in [-0.1, -0.05) is 48.5 Å². The van der Waals surface area contributed by atoms with Gasteiger partial charge < -0.3 is 18.9 Å². The molecule has 6 heteroatoms. The van der Waals surface area contributed by atoms with Crippen molar-refractivity contribution in [1.29, 1.82) is 0 Å². The van der Waals surface area contributed by atoms with Crippen molar-refractivity contribution in [1.82, 2.24) is 0 Å². The maximum absolute atomic E-state index is 12.0. The summed E-state index contributed by atoms with van der Waals surface area (Å²) in [5.41, 5.74) is 2.26. The van der Waals surface area contributed by atoms with Crippen LogP contribution in [0.2, 0.25) is 0 Å². The van der Waals surface area contributed by atoms with Crippen molar-refractivity contribution >= 4 is 11.9 Å². The Balaban J connectivity index is 1.42. The average molecular weight is 374 g/mol. The molecular formula is C22H14O6. The van der Waals surface area contributed by atoms with Crippen molar-refractivity contribution < 1.29 is 28.5 Å². The summed E-state index contributed by atoms with van der Waals surface area (Å²) in [7, 11) is 0. The zero-order valence-electron chi connectivity index (χ0n) is 14.5. The molecule has 0 radical (unpaired) electrons. The summed E-state index contributed by atoms with van der Waals surface area (Å²) in [6.07, 6.45) is -1.74. The van der Waals surface area contributed by atoms with Crippen LogP contribution in [0.25, 0.3) is 0 Å². The summed E-state index contributed by atoms with van der Waals surface area (Å²) in [5, 5.41) is 0. The minimum Gasteiger partial charge on any atom is -0.447 e. The molecule has 0 aromatic heterocycles. The number of para-hydroxylation sites is 2. The van der Waals surface area contributed by atoms with Crippen LogP contribution < -0.4 is 9.47 Å². The summed E-state index contributed by atoms with van der Waals surface area (Å²) in [6.45, 7) is 0. The molecule has 0 saturated heterocycles. The van der Waals surface area contributed by atoms with Gasteiger partial charge in [0.05, 0.1) is 11.1 Å². The molecular weight excluding hydrogens is 360 g/mol. The Morgan fingerprint density at radius 1 is 0.571 bits per heavy atom. The molecule has 3 aromatic carbocycles. The highest BCUT2D eigenvalue weighted by atomic mass is 16.7. The highest BCUT2D eigenvalue weighted by molar-refractivity contribution is 5.94. The number of carbonyl (C=O) groups excluding carboxylic acids is 2. The highest BCUT2D eigenvalue weighted by Crippen LogP contribution is 2.39. The van der Waals surface area contributed by atoms with E-state index in [0.717, 1.165) is 0 Å². The standard InChI is InChI=1S/C22H14O6/c23-19-13-7-1-3-9-15(13)21(27-19)25-17-11-5-6-12-18(17)26-22-16-10-4-2-8-14(16)20(24)28-22/h1-12,21-22H. The Bertz CT molecular complexity index is 1000. The van der Waals surface area contributed by atoms with Crippen molar-refractivity contribution in [3.05, 3.63) is 95.1 Å². The maximum atomic E-state index is 12.0. The monoisotopic (exact) mass is 374 g/mol. The zero-order valence-corrected chi connectivity index (χ0v) is 14.5. The van der Waals surface area contributed by atoms with Gasteiger partial charge in [-0.3, -0.25) is 0 Å². The lowest BCUT2D eigenvalue weighted by Gasteiger charge is -2.19. The molecule has 3 aromatic rings. The van der Waals surface area contributed by atoms with Crippen LogP contribution in [0.1, 0.15) is 44.4 Å². The Kier molecular flexibility index (Phi) is 3.76. The van der Waals surface area contributed by atoms with Crippen molar-refractivity contribution in [2.45, 2.75) is 12.6 Å². The van der Waals surface area contributed by atoms with E-state index in [1.165, 1.54) is 0 Å². The van der Waals surface area contributed by atoms with Crippen molar-refractivity contribution in [3.8, 4) is 11.5 Å². The lowest BCUT2D eigenvalue weighted by molar-refractivity contribution is -0.0528. The van der Waals surface area contributed by atoms with Crippen LogP contribution >= 0.6 is 0 Å². The number of cyclic esters (lactones) is 2. The summed E-state index contributed by atoms with van der Waals surface area (Å²) in [5.74, 6) is -0.120. The molecule has 2 unspecified atom stereocenters. The topological polar surface area (TPSA) is 71.1 Å². The van der Waals surface area contributed by atoms with Crippen LogP contribution in [-0.2, 0) is 9.47 Å². The first-order valence-corrected chi connectivity index (χ1v) is 8.73. The zero-order chi connectivity index (χ0) is 19.1. The lowest BCUT2D eigenvalue weighted by atomic mass is 10.1. The second-order valence-corrected chi connectivity index (χ2v) is 6.33. The molecule has 6 nitrogen and oxygen atoms in total. The summed E-state index contributed by atoms with van der Waals surface area (Å²) in [4.78, 5) is 24.0. The maximum Gasteiger partial charge on any atom is 0.342 e. The molecule has 2 heterocycles. The van der Waals surface area contributed by atoms with Crippen molar-refractivity contribution in [3.63, 3.8) is 0 Å². The van der Waals surface area contributed by atoms with E-state index in [1.54, 1.807) is 60.7 Å². The molecule has 138 valence electrons. The minimum atomic E-state index is -0.869. The van der Waals surface area contributed by atoms with E-state index in [0.29, 0.717) is 33.8 Å². The van der Waals surface area contributed by atoms with E-state index in [1.807, 2.05) is 12.1 Å². The Labute approximate surface area is 160 Å². The number of rotatable bonds is 4. The van der Waals surface area contributed by atoms with Gasteiger partial charge in [0.2, 0.25) is 0 Å². The fraction of sp³-hybridized carbons (Fsp3) is 0.0909. The van der Waals surface area contributed by atoms with Crippen molar-refractivity contribution in [2.24, 2.45) is 0 Å². The smallest absolute Gasteiger partial charge is 0.342 e. The van der Waals surface area contributed by atoms with Gasteiger partial charge in [0, 0.05) is 11.1 Å². The van der Waals surface area contributed by atoms with Gasteiger partial charge in [0.25, 0.3) is 12.6 Å². The number of carbonyl (C=O) groups is 2. The molecule has 5 rings (SSSR count). The number of esters is 2. The van der Waals surface area contributed by atoms with Crippen LogP contribution in [0.15, 0.2) is 72.8 Å². The first-order valence-electron chi connectivity index (χ1n) is 8.73. The molecule has 0 fully saturated rings. The van der Waals surface area contributed by atoms with E-state index in [4.69, 9.17) is 18.9 Å². The Morgan fingerprint density at radius 2 is 0.964 bits per heavy atom. The van der Waals surface area contributed by atoms with Crippen LogP contribution in [0, 0.1) is 0 Å². The molecule has 2 aliphatic rings. The lowest BCUT2D eigenvalue weighted by Crippen LogP contribution is -2.11. The fourth-order valence-corrected chi connectivity index (χ4v) is 3.28. The fourth-order valence-electron chi connectivity index (χ4n) is 3.28. The van der Waals surface area contributed by atoms with E-state index in [9.17, 15) is 9.59 Å². The molecule has 2 atom stereocenters. The van der Waals surface area contributed by atoms with Crippen molar-refractivity contribution in [2.75, 3.05) is 0 Å². The SMILES string of the molecule is O=C1OC(Oc2ccccc2OC2OC(=O)c3ccccc32)c2ccccc21. The number of benzene rings is 3. The van der Waals surface area contributed by atoms with Crippen LogP contribution in [0.3, 0.4) is 0 Å². The highest BCUT2D eigenvalue weighted by Gasteiger charge is 2.35. The Morgan fingerprint density at radius 3 is 1.43 bits per heavy atom. The van der Waals surface area contributed by atoms with E-state index < -0.39 is 24.5 Å². The van der Waals surface area contributed by atoms with E-state index >= 15 is 0 Å². The largest absolute Gasteiger partial charge is 0.447 e. The molecule has 0 aliphatic carbocycles. The second-order valence-electron chi connectivity index (χ2n) is 6.33. The first-order chi connectivity index (χ1) is 13.7. The minimum absolute atomic E-state index is 0.373.